The number of halogens is 2. The van der Waals surface area contributed by atoms with Crippen molar-refractivity contribution in [3.05, 3.63) is 58.1 Å². The molecule has 0 bridgehead atoms. The lowest BCUT2D eigenvalue weighted by molar-refractivity contribution is 0.102. The summed E-state index contributed by atoms with van der Waals surface area (Å²) in [5.74, 6) is 2.07. The molecule has 1 saturated heterocycles. The van der Waals surface area contributed by atoms with Gasteiger partial charge in [-0.15, -0.1) is 0 Å². The number of piperazine rings is 1. The van der Waals surface area contributed by atoms with Crippen molar-refractivity contribution in [2.24, 2.45) is 0 Å². The maximum Gasteiger partial charge on any atom is 0.258 e. The second kappa shape index (κ2) is 10.9. The Morgan fingerprint density at radius 3 is 2.38 bits per heavy atom. The summed E-state index contributed by atoms with van der Waals surface area (Å²) in [4.78, 5) is 34.9. The monoisotopic (exact) mass is 500 g/mol. The largest absolute Gasteiger partial charge is 0.354 e. The average Bonchev–Trinajstić information content (AvgIpc) is 2.81. The highest BCUT2D eigenvalue weighted by Crippen LogP contribution is 2.25. The lowest BCUT2D eigenvalue weighted by atomic mass is 10.2. The van der Waals surface area contributed by atoms with Crippen LogP contribution in [-0.4, -0.2) is 63.5 Å². The molecule has 9 nitrogen and oxygen atoms in total. The summed E-state index contributed by atoms with van der Waals surface area (Å²) in [5, 5.41) is 6.36. The van der Waals surface area contributed by atoms with Gasteiger partial charge in [0.05, 0.1) is 33.7 Å². The van der Waals surface area contributed by atoms with E-state index in [1.165, 1.54) is 12.4 Å². The van der Waals surface area contributed by atoms with E-state index in [2.05, 4.69) is 47.3 Å². The molecule has 34 heavy (non-hydrogen) atoms. The van der Waals surface area contributed by atoms with Crippen molar-refractivity contribution < 1.29 is 4.79 Å². The molecule has 0 aliphatic carbocycles. The van der Waals surface area contributed by atoms with Crippen molar-refractivity contribution >= 4 is 52.4 Å². The van der Waals surface area contributed by atoms with Gasteiger partial charge in [-0.1, -0.05) is 36.2 Å². The number of hydrogen-bond donors (Lipinski definition) is 2. The molecule has 1 aliphatic rings. The van der Waals surface area contributed by atoms with E-state index in [9.17, 15) is 4.79 Å². The van der Waals surface area contributed by atoms with E-state index in [1.807, 2.05) is 13.0 Å². The van der Waals surface area contributed by atoms with Crippen LogP contribution in [0.1, 0.15) is 29.5 Å². The molecule has 0 atom stereocenters. The number of carbonyl (C=O) groups is 1. The Balaban J connectivity index is 1.41. The third kappa shape index (κ3) is 5.91. The molecule has 11 heteroatoms. The third-order valence-electron chi connectivity index (χ3n) is 5.40. The quantitative estimate of drug-likeness (QED) is 0.491. The van der Waals surface area contributed by atoms with E-state index in [1.54, 1.807) is 18.2 Å². The third-order valence-corrected chi connectivity index (χ3v) is 6.03. The smallest absolute Gasteiger partial charge is 0.258 e. The molecule has 2 aromatic heterocycles. The number of rotatable bonds is 7. The second-order valence-electron chi connectivity index (χ2n) is 7.96. The van der Waals surface area contributed by atoms with E-state index < -0.39 is 5.91 Å². The zero-order chi connectivity index (χ0) is 24.1. The van der Waals surface area contributed by atoms with Crippen LogP contribution in [0.15, 0.2) is 36.7 Å². The summed E-state index contributed by atoms with van der Waals surface area (Å²) >= 11 is 12.2. The van der Waals surface area contributed by atoms with Crippen LogP contribution < -0.4 is 15.5 Å². The van der Waals surface area contributed by atoms with Crippen LogP contribution in [0.5, 0.6) is 0 Å². The lowest BCUT2D eigenvalue weighted by Gasteiger charge is -2.35. The Hall–Kier alpha value is -3.01. The molecule has 1 aliphatic heterocycles. The van der Waals surface area contributed by atoms with E-state index >= 15 is 0 Å². The summed E-state index contributed by atoms with van der Waals surface area (Å²) in [6.07, 6.45) is 4.16. The topological polar surface area (TPSA) is 99.2 Å². The van der Waals surface area contributed by atoms with Crippen LogP contribution in [0.3, 0.4) is 0 Å². The summed E-state index contributed by atoms with van der Waals surface area (Å²) in [6, 6.07) is 6.79. The van der Waals surface area contributed by atoms with Crippen LogP contribution in [-0.2, 0) is 0 Å². The molecule has 3 aromatic rings. The summed E-state index contributed by atoms with van der Waals surface area (Å²) in [5.41, 5.74) is 0.614. The Bertz CT molecular complexity index is 1130. The van der Waals surface area contributed by atoms with Gasteiger partial charge in [0.15, 0.2) is 0 Å². The minimum absolute atomic E-state index is 0.201. The maximum atomic E-state index is 12.5. The Kier molecular flexibility index (Phi) is 7.77. The second-order valence-corrected chi connectivity index (χ2v) is 8.77. The molecule has 178 valence electrons. The summed E-state index contributed by atoms with van der Waals surface area (Å²) in [6.45, 7) is 9.09. The Morgan fingerprint density at radius 2 is 1.74 bits per heavy atom. The fourth-order valence-electron chi connectivity index (χ4n) is 3.77. The first kappa shape index (κ1) is 24.1. The number of amides is 1. The molecule has 0 unspecified atom stereocenters. The molecule has 0 radical (unpaired) electrons. The normalized spacial score (nSPS) is 14.2. The average molecular weight is 501 g/mol. The van der Waals surface area contributed by atoms with E-state index in [0.29, 0.717) is 23.3 Å². The van der Waals surface area contributed by atoms with Crippen LogP contribution in [0, 0.1) is 6.92 Å². The van der Waals surface area contributed by atoms with Crippen molar-refractivity contribution in [2.45, 2.75) is 20.3 Å². The predicted octanol–water partition coefficient (Wildman–Crippen LogP) is 4.41. The first-order chi connectivity index (χ1) is 16.4. The number of benzene rings is 1. The van der Waals surface area contributed by atoms with E-state index in [0.717, 1.165) is 45.0 Å². The number of nitrogens with zero attached hydrogens (tertiary/aromatic N) is 6. The highest BCUT2D eigenvalue weighted by molar-refractivity contribution is 6.40. The van der Waals surface area contributed by atoms with Gasteiger partial charge in [-0.25, -0.2) is 19.9 Å². The van der Waals surface area contributed by atoms with Gasteiger partial charge in [0, 0.05) is 32.2 Å². The lowest BCUT2D eigenvalue weighted by Crippen LogP contribution is -2.46. The highest BCUT2D eigenvalue weighted by atomic mass is 35.5. The Morgan fingerprint density at radius 1 is 1.06 bits per heavy atom. The minimum atomic E-state index is -0.435. The van der Waals surface area contributed by atoms with Crippen LogP contribution >= 0.6 is 23.2 Å². The standard InChI is InChI=1S/C23H26Cl2N8O/c1-3-7-32-8-10-33(11-9-32)20-12-19(28-15(2)29-20)31-23-26-13-16(14-27-23)30-22(34)21-17(24)5-4-6-18(21)25/h4-6,12-14H,3,7-11H2,1-2H3,(H,30,34)(H,26,27,28,29,31). The molecule has 0 saturated carbocycles. The van der Waals surface area contributed by atoms with Crippen molar-refractivity contribution in [3.63, 3.8) is 0 Å². The Labute approximate surface area is 208 Å². The molecule has 1 aromatic carbocycles. The molecule has 0 spiro atoms. The molecule has 3 heterocycles. The zero-order valence-corrected chi connectivity index (χ0v) is 20.6. The van der Waals surface area contributed by atoms with Gasteiger partial charge in [-0.05, 0) is 32.0 Å². The number of aromatic nitrogens is 4. The van der Waals surface area contributed by atoms with Crippen molar-refractivity contribution in [1.29, 1.82) is 0 Å². The summed E-state index contributed by atoms with van der Waals surface area (Å²) in [7, 11) is 0. The molecule has 1 fully saturated rings. The fraction of sp³-hybridized carbons (Fsp3) is 0.348. The molecule has 2 N–H and O–H groups in total. The molecular formula is C23H26Cl2N8O. The maximum absolute atomic E-state index is 12.5. The van der Waals surface area contributed by atoms with Gasteiger partial charge in [0.1, 0.15) is 17.5 Å². The van der Waals surface area contributed by atoms with Gasteiger partial charge in [0.2, 0.25) is 5.95 Å². The van der Waals surface area contributed by atoms with E-state index in [-0.39, 0.29) is 15.6 Å². The first-order valence-corrected chi connectivity index (χ1v) is 11.9. The summed E-state index contributed by atoms with van der Waals surface area (Å²) < 4.78 is 0. The van der Waals surface area contributed by atoms with Gasteiger partial charge < -0.3 is 15.5 Å². The minimum Gasteiger partial charge on any atom is -0.354 e. The van der Waals surface area contributed by atoms with Crippen LogP contribution in [0.25, 0.3) is 0 Å². The van der Waals surface area contributed by atoms with Crippen molar-refractivity contribution in [2.75, 3.05) is 48.3 Å². The van der Waals surface area contributed by atoms with Gasteiger partial charge >= 0.3 is 0 Å². The molecular weight excluding hydrogens is 475 g/mol. The number of nitrogens with one attached hydrogen (secondary N) is 2. The van der Waals surface area contributed by atoms with Crippen LogP contribution in [0.2, 0.25) is 10.0 Å². The van der Waals surface area contributed by atoms with Gasteiger partial charge in [-0.2, -0.15) is 0 Å². The molecule has 4 rings (SSSR count). The fourth-order valence-corrected chi connectivity index (χ4v) is 4.34. The van der Waals surface area contributed by atoms with Crippen LogP contribution in [0.4, 0.5) is 23.3 Å². The number of aryl methyl sites for hydroxylation is 1. The number of hydrogen-bond acceptors (Lipinski definition) is 8. The zero-order valence-electron chi connectivity index (χ0n) is 19.1. The van der Waals surface area contributed by atoms with Gasteiger partial charge in [-0.3, -0.25) is 9.69 Å². The predicted molar refractivity (Wildman–Crippen MR) is 135 cm³/mol. The van der Waals surface area contributed by atoms with E-state index in [4.69, 9.17) is 23.2 Å². The van der Waals surface area contributed by atoms with Crippen molar-refractivity contribution in [3.8, 4) is 0 Å². The SMILES string of the molecule is CCCN1CCN(c2cc(Nc3ncc(NC(=O)c4c(Cl)cccc4Cl)cn3)nc(C)n2)CC1. The molecule has 1 amide bonds. The van der Waals surface area contributed by atoms with Gasteiger partial charge in [0.25, 0.3) is 5.91 Å². The van der Waals surface area contributed by atoms with Crippen molar-refractivity contribution in [1.82, 2.24) is 24.8 Å². The number of anilines is 4. The highest BCUT2D eigenvalue weighted by Gasteiger charge is 2.19. The number of carbonyl (C=O) groups excluding carboxylic acids is 1. The first-order valence-electron chi connectivity index (χ1n) is 11.1.